The quantitative estimate of drug-likeness (QED) is 0.503. The molecule has 0 saturated carbocycles. The maximum Gasteiger partial charge on any atom is 0.310 e. The van der Waals surface area contributed by atoms with E-state index in [0.29, 0.717) is 12.2 Å². The Morgan fingerprint density at radius 3 is 2.67 bits per heavy atom. The van der Waals surface area contributed by atoms with Gasteiger partial charge in [-0.05, 0) is 32.4 Å². The Bertz CT molecular complexity index is 701. The van der Waals surface area contributed by atoms with Crippen molar-refractivity contribution in [2.75, 3.05) is 6.61 Å². The molecule has 1 aromatic carbocycles. The minimum Gasteiger partial charge on any atom is -0.466 e. The number of nitrogens with two attached hydrogens (primary N) is 1. The Hall–Kier alpha value is -2.30. The molecule has 0 unspecified atom stereocenters. The molecule has 5 heteroatoms. The summed E-state index contributed by atoms with van der Waals surface area (Å²) in [5.74, 6) is -0.170. The number of carbonyl (C=O) groups is 1. The Labute approximate surface area is 124 Å². The number of ether oxygens (including phenoxy) is 1. The smallest absolute Gasteiger partial charge is 0.310 e. The second-order valence-corrected chi connectivity index (χ2v) is 4.94. The first kappa shape index (κ1) is 15.1. The molecule has 1 aromatic heterocycles. The molecule has 2 aromatic rings. The summed E-state index contributed by atoms with van der Waals surface area (Å²) in [7, 11) is 0. The van der Waals surface area contributed by atoms with Crippen molar-refractivity contribution in [2.24, 2.45) is 5.73 Å². The molecule has 0 bridgehead atoms. The van der Waals surface area contributed by atoms with Gasteiger partial charge in [0.1, 0.15) is 5.84 Å². The van der Waals surface area contributed by atoms with E-state index in [2.05, 4.69) is 11.5 Å². The number of fused-ring (bicyclic) bond motifs is 1. The molecule has 21 heavy (non-hydrogen) atoms. The van der Waals surface area contributed by atoms with Crippen molar-refractivity contribution in [3.8, 4) is 0 Å². The van der Waals surface area contributed by atoms with Gasteiger partial charge in [-0.2, -0.15) is 0 Å². The lowest BCUT2D eigenvalue weighted by atomic mass is 10.1. The molecule has 0 saturated heterocycles. The van der Waals surface area contributed by atoms with Gasteiger partial charge in [-0.1, -0.05) is 12.1 Å². The van der Waals surface area contributed by atoms with E-state index in [4.69, 9.17) is 15.9 Å². The molecule has 1 heterocycles. The number of hydrogen-bond acceptors (Lipinski definition) is 3. The third-order valence-corrected chi connectivity index (χ3v) is 3.71. The van der Waals surface area contributed by atoms with Crippen LogP contribution in [0.25, 0.3) is 10.9 Å². The van der Waals surface area contributed by atoms with Crippen molar-refractivity contribution >= 4 is 22.7 Å². The lowest BCUT2D eigenvalue weighted by Crippen LogP contribution is -2.10. The highest BCUT2D eigenvalue weighted by Crippen LogP contribution is 2.27. The standard InChI is InChI=1S/C16H21N3O2/c1-4-19-10(3)13(9-15(20)21-5-2)12-7-6-11(16(17)18)8-14(12)19/h6-8H,4-5,9H2,1-3H3,(H3,17,18). The number of aryl methyl sites for hydroxylation is 1. The summed E-state index contributed by atoms with van der Waals surface area (Å²) in [6, 6.07) is 5.65. The number of rotatable bonds is 5. The minimum atomic E-state index is -0.216. The lowest BCUT2D eigenvalue weighted by Gasteiger charge is -2.05. The summed E-state index contributed by atoms with van der Waals surface area (Å²) in [6.07, 6.45) is 0.266. The summed E-state index contributed by atoms with van der Waals surface area (Å²) in [4.78, 5) is 11.8. The van der Waals surface area contributed by atoms with Crippen molar-refractivity contribution in [2.45, 2.75) is 33.7 Å². The first-order chi connectivity index (χ1) is 9.99. The van der Waals surface area contributed by atoms with Crippen LogP contribution in [0.2, 0.25) is 0 Å². The summed E-state index contributed by atoms with van der Waals surface area (Å²) < 4.78 is 7.19. The Balaban J connectivity index is 2.58. The summed E-state index contributed by atoms with van der Waals surface area (Å²) in [5, 5.41) is 8.58. The van der Waals surface area contributed by atoms with E-state index in [0.717, 1.165) is 28.7 Å². The van der Waals surface area contributed by atoms with Crippen molar-refractivity contribution in [3.63, 3.8) is 0 Å². The Kier molecular flexibility index (Phi) is 4.31. The average molecular weight is 287 g/mol. The number of benzene rings is 1. The third-order valence-electron chi connectivity index (χ3n) is 3.71. The van der Waals surface area contributed by atoms with Crippen LogP contribution in [0, 0.1) is 12.3 Å². The fourth-order valence-corrected chi connectivity index (χ4v) is 2.70. The second kappa shape index (κ2) is 5.99. The van der Waals surface area contributed by atoms with E-state index in [9.17, 15) is 4.79 Å². The highest BCUT2D eigenvalue weighted by atomic mass is 16.5. The number of esters is 1. The maximum atomic E-state index is 11.8. The lowest BCUT2D eigenvalue weighted by molar-refractivity contribution is -0.142. The molecule has 0 radical (unpaired) electrons. The van der Waals surface area contributed by atoms with Gasteiger partial charge >= 0.3 is 5.97 Å². The van der Waals surface area contributed by atoms with Crippen LogP contribution in [0.15, 0.2) is 18.2 Å². The van der Waals surface area contributed by atoms with E-state index in [-0.39, 0.29) is 18.2 Å². The third kappa shape index (κ3) is 2.77. The van der Waals surface area contributed by atoms with Gasteiger partial charge in [-0.15, -0.1) is 0 Å². The molecular weight excluding hydrogens is 266 g/mol. The van der Waals surface area contributed by atoms with Gasteiger partial charge in [-0.25, -0.2) is 0 Å². The molecule has 0 spiro atoms. The molecule has 112 valence electrons. The van der Waals surface area contributed by atoms with Crippen LogP contribution in [0.1, 0.15) is 30.7 Å². The van der Waals surface area contributed by atoms with Gasteiger partial charge in [0, 0.05) is 28.7 Å². The Morgan fingerprint density at radius 1 is 1.38 bits per heavy atom. The van der Waals surface area contributed by atoms with Gasteiger partial charge < -0.3 is 15.0 Å². The SMILES string of the molecule is CCOC(=O)Cc1c(C)n(CC)c2cc(C(=N)N)ccc12. The number of carbonyl (C=O) groups excluding carboxylic acids is 1. The molecule has 0 fully saturated rings. The van der Waals surface area contributed by atoms with Crippen LogP contribution in [-0.2, 0) is 22.5 Å². The number of hydrogen-bond donors (Lipinski definition) is 2. The predicted octanol–water partition coefficient (Wildman–Crippen LogP) is 2.36. The molecule has 2 rings (SSSR count). The van der Waals surface area contributed by atoms with E-state index < -0.39 is 0 Å². The minimum absolute atomic E-state index is 0.0466. The highest BCUT2D eigenvalue weighted by molar-refractivity contribution is 6.00. The van der Waals surface area contributed by atoms with Crippen LogP contribution in [0.3, 0.4) is 0 Å². The zero-order valence-corrected chi connectivity index (χ0v) is 12.7. The fourth-order valence-electron chi connectivity index (χ4n) is 2.70. The van der Waals surface area contributed by atoms with Gasteiger partial charge in [0.2, 0.25) is 0 Å². The van der Waals surface area contributed by atoms with Gasteiger partial charge in [0.05, 0.1) is 13.0 Å². The Morgan fingerprint density at radius 2 is 2.10 bits per heavy atom. The van der Waals surface area contributed by atoms with Crippen LogP contribution in [0.5, 0.6) is 0 Å². The molecule has 0 aliphatic rings. The molecule has 0 atom stereocenters. The molecule has 0 amide bonds. The molecule has 5 nitrogen and oxygen atoms in total. The number of aromatic nitrogens is 1. The van der Waals surface area contributed by atoms with Crippen LogP contribution in [0.4, 0.5) is 0 Å². The first-order valence-electron chi connectivity index (χ1n) is 7.11. The largest absolute Gasteiger partial charge is 0.466 e. The molecular formula is C16H21N3O2. The van der Waals surface area contributed by atoms with Crippen molar-refractivity contribution in [3.05, 3.63) is 35.0 Å². The summed E-state index contributed by atoms with van der Waals surface area (Å²) in [6.45, 7) is 7.05. The predicted molar refractivity (Wildman–Crippen MR) is 83.7 cm³/mol. The number of nitrogens with one attached hydrogen (secondary N) is 1. The van der Waals surface area contributed by atoms with E-state index in [1.807, 2.05) is 25.1 Å². The zero-order chi connectivity index (χ0) is 15.6. The average Bonchev–Trinajstić information content (AvgIpc) is 2.70. The molecule has 3 N–H and O–H groups in total. The van der Waals surface area contributed by atoms with Crippen molar-refractivity contribution in [1.29, 1.82) is 5.41 Å². The van der Waals surface area contributed by atoms with Gasteiger partial charge in [-0.3, -0.25) is 10.2 Å². The van der Waals surface area contributed by atoms with Crippen LogP contribution < -0.4 is 5.73 Å². The summed E-state index contributed by atoms with van der Waals surface area (Å²) in [5.41, 5.74) is 9.30. The zero-order valence-electron chi connectivity index (χ0n) is 12.7. The normalized spacial score (nSPS) is 10.8. The molecule has 0 aliphatic carbocycles. The van der Waals surface area contributed by atoms with Crippen LogP contribution in [-0.4, -0.2) is 23.0 Å². The van der Waals surface area contributed by atoms with E-state index in [1.54, 1.807) is 6.92 Å². The van der Waals surface area contributed by atoms with Crippen LogP contribution >= 0.6 is 0 Å². The number of nitrogen functional groups attached to an aromatic ring is 1. The molecule has 0 aliphatic heterocycles. The highest BCUT2D eigenvalue weighted by Gasteiger charge is 2.17. The maximum absolute atomic E-state index is 11.8. The van der Waals surface area contributed by atoms with E-state index >= 15 is 0 Å². The van der Waals surface area contributed by atoms with Crippen molar-refractivity contribution in [1.82, 2.24) is 4.57 Å². The number of amidine groups is 1. The fraction of sp³-hybridized carbons (Fsp3) is 0.375. The van der Waals surface area contributed by atoms with Crippen molar-refractivity contribution < 1.29 is 9.53 Å². The van der Waals surface area contributed by atoms with Gasteiger partial charge in [0.15, 0.2) is 0 Å². The van der Waals surface area contributed by atoms with E-state index in [1.165, 1.54) is 0 Å². The first-order valence-corrected chi connectivity index (χ1v) is 7.11. The topological polar surface area (TPSA) is 81.1 Å². The number of nitrogens with zero attached hydrogens (tertiary/aromatic N) is 1. The monoisotopic (exact) mass is 287 g/mol. The second-order valence-electron chi connectivity index (χ2n) is 4.94. The van der Waals surface area contributed by atoms with Gasteiger partial charge in [0.25, 0.3) is 0 Å². The summed E-state index contributed by atoms with van der Waals surface area (Å²) >= 11 is 0.